The molecule has 1 aromatic rings. The lowest BCUT2D eigenvalue weighted by atomic mass is 9.97. The minimum absolute atomic E-state index is 0.0653. The van der Waals surface area contributed by atoms with Crippen molar-refractivity contribution in [3.8, 4) is 0 Å². The number of ether oxygens (including phenoxy) is 1. The third-order valence-corrected chi connectivity index (χ3v) is 6.29. The van der Waals surface area contributed by atoms with Gasteiger partial charge in [0.25, 0.3) is 5.91 Å². The van der Waals surface area contributed by atoms with Gasteiger partial charge in [0.15, 0.2) is 15.9 Å². The second-order valence-electron chi connectivity index (χ2n) is 6.80. The van der Waals surface area contributed by atoms with E-state index in [1.807, 2.05) is 0 Å². The maximum atomic E-state index is 12.9. The highest BCUT2D eigenvalue weighted by molar-refractivity contribution is 7.91. The van der Waals surface area contributed by atoms with Crippen molar-refractivity contribution in [1.29, 1.82) is 0 Å². The molecule has 0 bridgehead atoms. The predicted molar refractivity (Wildman–Crippen MR) is 103 cm³/mol. The number of nitrogens with one attached hydrogen (secondary N) is 1. The van der Waals surface area contributed by atoms with Gasteiger partial charge in [0, 0.05) is 6.54 Å². The summed E-state index contributed by atoms with van der Waals surface area (Å²) in [5, 5.41) is 2.73. The van der Waals surface area contributed by atoms with E-state index in [1.54, 1.807) is 0 Å². The number of esters is 1. The fourth-order valence-corrected chi connectivity index (χ4v) is 4.13. The number of allylic oxidation sites excluding steroid dienone is 1. The molecule has 28 heavy (non-hydrogen) atoms. The SMILES string of the molecule is C[C@@H](OC(=O)CCS(=O)(=O)c1ccc(F)cc1)C(=O)NCCC1=CCCCC1. The zero-order valence-electron chi connectivity index (χ0n) is 15.9. The van der Waals surface area contributed by atoms with Crippen LogP contribution >= 0.6 is 0 Å². The number of hydrogen-bond donors (Lipinski definition) is 1. The molecule has 8 heteroatoms. The molecule has 0 radical (unpaired) electrons. The molecule has 0 spiro atoms. The lowest BCUT2D eigenvalue weighted by Gasteiger charge is -2.15. The average Bonchev–Trinajstić information content (AvgIpc) is 2.67. The molecule has 0 heterocycles. The number of halogens is 1. The number of rotatable bonds is 9. The van der Waals surface area contributed by atoms with E-state index in [2.05, 4.69) is 11.4 Å². The van der Waals surface area contributed by atoms with E-state index in [4.69, 9.17) is 4.74 Å². The van der Waals surface area contributed by atoms with Gasteiger partial charge in [-0.3, -0.25) is 9.59 Å². The van der Waals surface area contributed by atoms with Crippen LogP contribution in [0.3, 0.4) is 0 Å². The van der Waals surface area contributed by atoms with Gasteiger partial charge >= 0.3 is 5.97 Å². The number of benzene rings is 1. The number of carbonyl (C=O) groups excluding carboxylic acids is 2. The molecule has 1 aliphatic rings. The largest absolute Gasteiger partial charge is 0.453 e. The van der Waals surface area contributed by atoms with Crippen LogP contribution in [0.5, 0.6) is 0 Å². The first-order valence-corrected chi connectivity index (χ1v) is 11.1. The van der Waals surface area contributed by atoms with Crippen LogP contribution in [0.2, 0.25) is 0 Å². The summed E-state index contributed by atoms with van der Waals surface area (Å²) in [5.41, 5.74) is 1.34. The van der Waals surface area contributed by atoms with Crippen molar-refractivity contribution < 1.29 is 27.1 Å². The Bertz CT molecular complexity index is 818. The molecule has 0 saturated heterocycles. The molecule has 1 aliphatic carbocycles. The molecule has 1 N–H and O–H groups in total. The third kappa shape index (κ3) is 7.07. The number of amides is 1. The molecule has 154 valence electrons. The fraction of sp³-hybridized carbons (Fsp3) is 0.500. The van der Waals surface area contributed by atoms with E-state index >= 15 is 0 Å². The van der Waals surface area contributed by atoms with Gasteiger partial charge in [-0.2, -0.15) is 0 Å². The Labute approximate surface area is 165 Å². The fourth-order valence-electron chi connectivity index (χ4n) is 2.91. The highest BCUT2D eigenvalue weighted by Crippen LogP contribution is 2.19. The van der Waals surface area contributed by atoms with E-state index < -0.39 is 39.4 Å². The summed E-state index contributed by atoms with van der Waals surface area (Å²) >= 11 is 0. The van der Waals surface area contributed by atoms with Gasteiger partial charge in [-0.1, -0.05) is 11.6 Å². The summed E-state index contributed by atoms with van der Waals surface area (Å²) in [4.78, 5) is 23.8. The van der Waals surface area contributed by atoms with Gasteiger partial charge in [-0.25, -0.2) is 12.8 Å². The van der Waals surface area contributed by atoms with Crippen molar-refractivity contribution in [3.05, 3.63) is 41.7 Å². The summed E-state index contributed by atoms with van der Waals surface area (Å²) in [6.45, 7) is 1.92. The molecule has 0 unspecified atom stereocenters. The average molecular weight is 411 g/mol. The van der Waals surface area contributed by atoms with Crippen molar-refractivity contribution in [1.82, 2.24) is 5.32 Å². The number of hydrogen-bond acceptors (Lipinski definition) is 5. The Balaban J connectivity index is 1.72. The minimum Gasteiger partial charge on any atom is -0.453 e. The van der Waals surface area contributed by atoms with Crippen molar-refractivity contribution >= 4 is 21.7 Å². The molecule has 0 aromatic heterocycles. The van der Waals surface area contributed by atoms with Crippen LogP contribution in [0.25, 0.3) is 0 Å². The maximum Gasteiger partial charge on any atom is 0.307 e. The quantitative estimate of drug-likeness (QED) is 0.383. The Morgan fingerprint density at radius 3 is 2.57 bits per heavy atom. The van der Waals surface area contributed by atoms with Crippen molar-refractivity contribution in [2.75, 3.05) is 12.3 Å². The van der Waals surface area contributed by atoms with Crippen molar-refractivity contribution in [2.24, 2.45) is 0 Å². The third-order valence-electron chi connectivity index (χ3n) is 4.56. The molecular weight excluding hydrogens is 385 g/mol. The first-order chi connectivity index (χ1) is 13.3. The second-order valence-corrected chi connectivity index (χ2v) is 8.91. The summed E-state index contributed by atoms with van der Waals surface area (Å²) in [6, 6.07) is 4.38. The van der Waals surface area contributed by atoms with Crippen LogP contribution in [0.1, 0.15) is 45.4 Å². The van der Waals surface area contributed by atoms with Gasteiger partial charge in [-0.05, 0) is 63.3 Å². The van der Waals surface area contributed by atoms with Crippen LogP contribution in [-0.2, 0) is 24.2 Å². The highest BCUT2D eigenvalue weighted by Gasteiger charge is 2.21. The molecule has 0 saturated carbocycles. The predicted octanol–water partition coefficient (Wildman–Crippen LogP) is 2.93. The lowest BCUT2D eigenvalue weighted by Crippen LogP contribution is -2.36. The molecule has 1 aromatic carbocycles. The summed E-state index contributed by atoms with van der Waals surface area (Å²) in [5.74, 6) is -2.20. The van der Waals surface area contributed by atoms with Gasteiger partial charge in [0.1, 0.15) is 5.82 Å². The molecule has 1 amide bonds. The van der Waals surface area contributed by atoms with Crippen LogP contribution in [-0.4, -0.2) is 38.7 Å². The van der Waals surface area contributed by atoms with Gasteiger partial charge in [0.05, 0.1) is 17.1 Å². The Kier molecular flexibility index (Phi) is 8.17. The van der Waals surface area contributed by atoms with Crippen molar-refractivity contribution in [2.45, 2.75) is 56.4 Å². The number of carbonyl (C=O) groups is 2. The smallest absolute Gasteiger partial charge is 0.307 e. The van der Waals surface area contributed by atoms with Crippen LogP contribution in [0, 0.1) is 5.82 Å². The lowest BCUT2D eigenvalue weighted by molar-refractivity contribution is -0.154. The van der Waals surface area contributed by atoms with E-state index in [0.717, 1.165) is 43.5 Å². The zero-order chi connectivity index (χ0) is 20.6. The number of sulfone groups is 1. The first kappa shape index (κ1) is 22.1. The van der Waals surface area contributed by atoms with E-state index in [-0.39, 0.29) is 11.3 Å². The van der Waals surface area contributed by atoms with Crippen LogP contribution in [0.15, 0.2) is 40.8 Å². The normalized spacial score (nSPS) is 15.4. The van der Waals surface area contributed by atoms with Gasteiger partial charge < -0.3 is 10.1 Å². The topological polar surface area (TPSA) is 89.5 Å². The Morgan fingerprint density at radius 1 is 1.21 bits per heavy atom. The van der Waals surface area contributed by atoms with Crippen LogP contribution < -0.4 is 5.32 Å². The molecule has 2 rings (SSSR count). The molecule has 1 atom stereocenters. The van der Waals surface area contributed by atoms with E-state index in [1.165, 1.54) is 25.3 Å². The monoisotopic (exact) mass is 411 g/mol. The summed E-state index contributed by atoms with van der Waals surface area (Å²) in [7, 11) is -3.73. The summed E-state index contributed by atoms with van der Waals surface area (Å²) in [6.07, 6.45) is 6.13. The highest BCUT2D eigenvalue weighted by atomic mass is 32.2. The minimum atomic E-state index is -3.73. The maximum absolute atomic E-state index is 12.9. The van der Waals surface area contributed by atoms with Crippen LogP contribution in [0.4, 0.5) is 4.39 Å². The van der Waals surface area contributed by atoms with E-state index in [0.29, 0.717) is 6.54 Å². The van der Waals surface area contributed by atoms with E-state index in [9.17, 15) is 22.4 Å². The second kappa shape index (κ2) is 10.4. The Hall–Kier alpha value is -2.22. The van der Waals surface area contributed by atoms with Crippen molar-refractivity contribution in [3.63, 3.8) is 0 Å². The van der Waals surface area contributed by atoms with Gasteiger partial charge in [0.2, 0.25) is 0 Å². The summed E-state index contributed by atoms with van der Waals surface area (Å²) < 4.78 is 42.2. The molecular formula is C20H26FNO5S. The molecule has 0 fully saturated rings. The first-order valence-electron chi connectivity index (χ1n) is 9.41. The Morgan fingerprint density at radius 2 is 1.93 bits per heavy atom. The molecule has 6 nitrogen and oxygen atoms in total. The van der Waals surface area contributed by atoms with Gasteiger partial charge in [-0.15, -0.1) is 0 Å². The molecule has 0 aliphatic heterocycles. The standard InChI is InChI=1S/C20H26FNO5S/c1-15(20(24)22-13-11-16-5-3-2-4-6-16)27-19(23)12-14-28(25,26)18-9-7-17(21)8-10-18/h5,7-10,15H,2-4,6,11-14H2,1H3,(H,22,24)/t15-/m1/s1. The zero-order valence-corrected chi connectivity index (χ0v) is 16.8.